The molecule has 170 valence electrons. The summed E-state index contributed by atoms with van der Waals surface area (Å²) in [4.78, 5) is 39.7. The number of nitrogens with two attached hydrogens (primary N) is 1. The largest absolute Gasteiger partial charge is 0.708 e. The molecule has 6 N–H and O–H groups in total. The van der Waals surface area contributed by atoms with Crippen LogP contribution in [0.4, 0.5) is 5.95 Å². The topological polar surface area (TPSA) is 248 Å². The van der Waals surface area contributed by atoms with Gasteiger partial charge in [-0.15, -0.1) is 9.42 Å². The number of hydrogen-bond acceptors (Lipinski definition) is 13. The smallest absolute Gasteiger partial charge is 0.387 e. The first-order valence-electron chi connectivity index (χ1n) is 8.09. The Labute approximate surface area is 173 Å². The zero-order chi connectivity index (χ0) is 22.9. The van der Waals surface area contributed by atoms with E-state index in [0.717, 1.165) is 0 Å². The number of nitrogen functional groups attached to an aromatic ring is 1. The summed E-state index contributed by atoms with van der Waals surface area (Å²) >= 11 is 0. The van der Waals surface area contributed by atoms with Crippen molar-refractivity contribution in [2.75, 3.05) is 19.5 Å². The third-order valence-corrected chi connectivity index (χ3v) is 7.10. The minimum Gasteiger partial charge on any atom is -0.387 e. The number of imidazole rings is 1. The number of H-pyrrole nitrogens is 1. The van der Waals surface area contributed by atoms with Crippen LogP contribution in [0.2, 0.25) is 0 Å². The molecule has 0 bridgehead atoms. The van der Waals surface area contributed by atoms with Crippen LogP contribution in [0.3, 0.4) is 0 Å². The highest BCUT2D eigenvalue weighted by Gasteiger charge is 2.49. The predicted octanol–water partition coefficient (Wildman–Crippen LogP) is -0.568. The summed E-state index contributed by atoms with van der Waals surface area (Å²) in [6, 6.07) is 0. The van der Waals surface area contributed by atoms with Crippen LogP contribution in [0.15, 0.2) is 11.1 Å². The van der Waals surface area contributed by atoms with E-state index in [4.69, 9.17) is 29.5 Å². The van der Waals surface area contributed by atoms with Crippen molar-refractivity contribution in [1.82, 2.24) is 19.5 Å². The molecular weight excluding hydrogens is 487 g/mol. The van der Waals surface area contributed by atoms with Crippen molar-refractivity contribution in [3.8, 4) is 0 Å². The van der Waals surface area contributed by atoms with E-state index < -0.39 is 61.0 Å². The summed E-state index contributed by atoms with van der Waals surface area (Å²) in [5, 5.41) is 10.5. The first-order valence-corrected chi connectivity index (χ1v) is 11.8. The highest BCUT2D eigenvalue weighted by atomic mass is 31.3. The van der Waals surface area contributed by atoms with E-state index in [0.29, 0.717) is 0 Å². The van der Waals surface area contributed by atoms with Crippen LogP contribution in [0.1, 0.15) is 6.23 Å². The van der Waals surface area contributed by atoms with E-state index in [-0.39, 0.29) is 17.1 Å². The second kappa shape index (κ2) is 9.40. The molecule has 0 aromatic carbocycles. The summed E-state index contributed by atoms with van der Waals surface area (Å²) in [7, 11) is -10.6. The van der Waals surface area contributed by atoms with Crippen molar-refractivity contribution in [2.45, 2.75) is 24.5 Å². The van der Waals surface area contributed by atoms with Crippen molar-refractivity contribution < 1.29 is 51.2 Å². The van der Waals surface area contributed by atoms with Gasteiger partial charge in [0.2, 0.25) is 5.95 Å². The molecule has 3 heterocycles. The number of phosphoric acid groups is 1. The van der Waals surface area contributed by atoms with Gasteiger partial charge in [-0.25, -0.2) is 9.55 Å². The summed E-state index contributed by atoms with van der Waals surface area (Å²) in [5.41, 5.74) is 4.96. The summed E-state index contributed by atoms with van der Waals surface area (Å²) in [6.45, 7) is -0.610. The number of methoxy groups -OCH3 is 1. The first kappa shape index (κ1) is 23.9. The van der Waals surface area contributed by atoms with Crippen molar-refractivity contribution in [1.29, 1.82) is 0 Å². The Bertz CT molecular complexity index is 1110. The van der Waals surface area contributed by atoms with Crippen molar-refractivity contribution in [2.24, 2.45) is 0 Å². The minimum atomic E-state index is -5.12. The summed E-state index contributed by atoms with van der Waals surface area (Å²) < 4.78 is 58.1. The third kappa shape index (κ3) is 5.37. The van der Waals surface area contributed by atoms with E-state index in [1.807, 2.05) is 0 Å². The third-order valence-electron chi connectivity index (χ3n) is 4.00. The van der Waals surface area contributed by atoms with Gasteiger partial charge < -0.3 is 20.3 Å². The molecule has 17 nitrogen and oxygen atoms in total. The number of hydrogen-bond donors (Lipinski definition) is 5. The molecule has 1 aliphatic heterocycles. The Hall–Kier alpha value is -1.74. The molecule has 0 radical (unpaired) electrons. The molecular formula is C11H16N5O12P3+2. The fourth-order valence-electron chi connectivity index (χ4n) is 2.81. The molecule has 31 heavy (non-hydrogen) atoms. The van der Waals surface area contributed by atoms with Gasteiger partial charge in [0.1, 0.15) is 24.9 Å². The second-order valence-corrected chi connectivity index (χ2v) is 9.34. The number of fused-ring (bicyclic) bond motifs is 1. The van der Waals surface area contributed by atoms with Crippen molar-refractivity contribution in [3.05, 3.63) is 16.7 Å². The van der Waals surface area contributed by atoms with E-state index in [9.17, 15) is 23.6 Å². The Morgan fingerprint density at radius 2 is 2.13 bits per heavy atom. The Morgan fingerprint density at radius 3 is 2.77 bits per heavy atom. The van der Waals surface area contributed by atoms with Crippen LogP contribution in [0.25, 0.3) is 11.2 Å². The van der Waals surface area contributed by atoms with E-state index in [1.165, 1.54) is 18.0 Å². The fourth-order valence-corrected chi connectivity index (χ4v) is 5.03. The summed E-state index contributed by atoms with van der Waals surface area (Å²) in [6.07, 6.45) is -3.38. The molecule has 0 spiro atoms. The van der Waals surface area contributed by atoms with Gasteiger partial charge in [0.15, 0.2) is 17.4 Å². The molecule has 3 unspecified atom stereocenters. The van der Waals surface area contributed by atoms with Gasteiger partial charge in [0.25, 0.3) is 5.56 Å². The lowest BCUT2D eigenvalue weighted by molar-refractivity contribution is -0.0561. The van der Waals surface area contributed by atoms with Gasteiger partial charge in [-0.3, -0.25) is 19.2 Å². The lowest BCUT2D eigenvalue weighted by Crippen LogP contribution is -2.35. The molecule has 0 aliphatic carbocycles. The zero-order valence-corrected chi connectivity index (χ0v) is 18.1. The number of aromatic nitrogens is 4. The Balaban J connectivity index is 1.73. The molecule has 1 fully saturated rings. The Morgan fingerprint density at radius 1 is 1.42 bits per heavy atom. The number of rotatable bonds is 9. The molecule has 0 saturated carbocycles. The molecule has 2 aromatic heterocycles. The lowest BCUT2D eigenvalue weighted by Gasteiger charge is -2.19. The molecule has 1 saturated heterocycles. The first-order chi connectivity index (χ1) is 14.5. The van der Waals surface area contributed by atoms with Crippen LogP contribution in [-0.4, -0.2) is 66.4 Å². The number of aliphatic hydroxyl groups is 1. The van der Waals surface area contributed by atoms with Gasteiger partial charge in [-0.1, -0.05) is 0 Å². The van der Waals surface area contributed by atoms with Crippen LogP contribution in [0, 0.1) is 0 Å². The van der Waals surface area contributed by atoms with Crippen LogP contribution >= 0.6 is 24.3 Å². The summed E-state index contributed by atoms with van der Waals surface area (Å²) in [5.74, 6) is -0.180. The van der Waals surface area contributed by atoms with Gasteiger partial charge in [-0.05, 0) is 0 Å². The van der Waals surface area contributed by atoms with Crippen molar-refractivity contribution in [3.63, 3.8) is 0 Å². The quantitative estimate of drug-likeness (QED) is 0.269. The normalized spacial score (nSPS) is 26.7. The van der Waals surface area contributed by atoms with Crippen LogP contribution < -0.4 is 11.3 Å². The molecule has 0 amide bonds. The van der Waals surface area contributed by atoms with E-state index >= 15 is 0 Å². The van der Waals surface area contributed by atoms with Gasteiger partial charge in [-0.2, -0.15) is 4.98 Å². The monoisotopic (exact) mass is 503 g/mol. The highest BCUT2D eigenvalue weighted by Crippen LogP contribution is 2.57. The zero-order valence-electron chi connectivity index (χ0n) is 15.4. The van der Waals surface area contributed by atoms with E-state index in [2.05, 4.69) is 23.6 Å². The predicted molar refractivity (Wildman–Crippen MR) is 98.7 cm³/mol. The maximum Gasteiger partial charge on any atom is 0.708 e. The minimum absolute atomic E-state index is 0.0424. The molecule has 2 aromatic rings. The lowest BCUT2D eigenvalue weighted by atomic mass is 10.1. The maximum atomic E-state index is 11.9. The number of aromatic amines is 1. The second-order valence-electron chi connectivity index (χ2n) is 5.92. The van der Waals surface area contributed by atoms with Crippen LogP contribution in [0.5, 0.6) is 0 Å². The van der Waals surface area contributed by atoms with Gasteiger partial charge in [0, 0.05) is 24.9 Å². The maximum absolute atomic E-state index is 11.9. The number of aliphatic hydroxyl groups excluding tert-OH is 1. The average molecular weight is 503 g/mol. The number of nitrogens with zero attached hydrogens (tertiary/aromatic N) is 3. The van der Waals surface area contributed by atoms with Crippen molar-refractivity contribution >= 4 is 41.4 Å². The van der Waals surface area contributed by atoms with Gasteiger partial charge in [0.05, 0.1) is 6.33 Å². The highest BCUT2D eigenvalue weighted by molar-refractivity contribution is 7.61. The number of ether oxygens (including phenoxy) is 2. The SMILES string of the molecule is CO[C@@H]1[C@H](O)[C@@H](CO[P+](=O)OP(=O)(O)O[P+](=O)O)O[C@H]1n1cnc2c(=O)[nH]c(N)nc21. The Kier molecular flexibility index (Phi) is 7.25. The molecule has 1 aliphatic rings. The van der Waals surface area contributed by atoms with Gasteiger partial charge >= 0.3 is 24.3 Å². The molecule has 3 rings (SSSR count). The van der Waals surface area contributed by atoms with E-state index in [1.54, 1.807) is 0 Å². The number of anilines is 1. The fraction of sp³-hybridized carbons (Fsp3) is 0.545. The molecule has 7 atom stereocenters. The molecule has 20 heteroatoms. The van der Waals surface area contributed by atoms with Crippen LogP contribution in [-0.2, 0) is 36.3 Å². The standard InChI is InChI=1S/C11H14N5O12P3/c1-24-7-6(17)4(2-25-30(21)28-31(22,23)27-29(19)20)26-10(7)16-3-13-5-8(16)14-11(12)15-9(5)18/h3-4,6-7,10,17H,2H2,1H3,(H3-2,12,14,15,18,19,20,22,23)/p+2/t4-,6-,7-,10-/m1/s1. The average Bonchev–Trinajstić information content (AvgIpc) is 3.19. The number of nitrogens with one attached hydrogen (secondary N) is 1.